The molecule has 1 aromatic rings. The van der Waals surface area contributed by atoms with E-state index in [1.165, 1.54) is 0 Å². The number of hydrogen-bond acceptors (Lipinski definition) is 3. The Morgan fingerprint density at radius 2 is 1.80 bits per heavy atom. The first-order valence-corrected chi connectivity index (χ1v) is 6.44. The topological polar surface area (TPSA) is 93.4 Å². The first-order valence-electron chi connectivity index (χ1n) is 6.44. The van der Waals surface area contributed by atoms with Gasteiger partial charge in [0.1, 0.15) is 18.4 Å². The number of benzene rings is 1. The van der Waals surface area contributed by atoms with Gasteiger partial charge in [0.25, 0.3) is 0 Å². The van der Waals surface area contributed by atoms with E-state index in [4.69, 9.17) is 10.5 Å². The van der Waals surface area contributed by atoms with Gasteiger partial charge in [0, 0.05) is 0 Å². The lowest BCUT2D eigenvalue weighted by Gasteiger charge is -2.18. The monoisotopic (exact) mass is 279 g/mol. The van der Waals surface area contributed by atoms with Gasteiger partial charge in [0.15, 0.2) is 0 Å². The molecule has 3 amide bonds. The van der Waals surface area contributed by atoms with Gasteiger partial charge in [-0.05, 0) is 32.9 Å². The second-order valence-corrected chi connectivity index (χ2v) is 4.76. The van der Waals surface area contributed by atoms with E-state index in [1.54, 1.807) is 6.92 Å². The lowest BCUT2D eigenvalue weighted by atomic mass is 10.2. The Morgan fingerprint density at radius 3 is 2.35 bits per heavy atom. The number of carbonyl (C=O) groups is 2. The van der Waals surface area contributed by atoms with E-state index in [9.17, 15) is 9.59 Å². The molecule has 0 saturated heterocycles. The predicted octanol–water partition coefficient (Wildman–Crippen LogP) is 0.935. The third kappa shape index (κ3) is 5.60. The maximum absolute atomic E-state index is 11.7. The van der Waals surface area contributed by atoms with Crippen LogP contribution in [0, 0.1) is 6.92 Å². The van der Waals surface area contributed by atoms with Gasteiger partial charge in [-0.15, -0.1) is 0 Å². The molecule has 1 rings (SSSR count). The molecule has 0 aliphatic rings. The third-order valence-corrected chi connectivity index (χ3v) is 2.66. The summed E-state index contributed by atoms with van der Waals surface area (Å²) in [6, 6.07) is 6.09. The summed E-state index contributed by atoms with van der Waals surface area (Å²) in [5.41, 5.74) is 6.11. The average molecular weight is 279 g/mol. The molecule has 6 nitrogen and oxygen atoms in total. The van der Waals surface area contributed by atoms with Gasteiger partial charge in [-0.25, -0.2) is 4.79 Å². The fourth-order valence-corrected chi connectivity index (χ4v) is 1.54. The number of aryl methyl sites for hydroxylation is 1. The Bertz CT molecular complexity index is 459. The smallest absolute Gasteiger partial charge is 0.312 e. The van der Waals surface area contributed by atoms with Crippen molar-refractivity contribution in [3.8, 4) is 5.75 Å². The normalized spacial score (nSPS) is 13.2. The lowest BCUT2D eigenvalue weighted by molar-refractivity contribution is -0.123. The van der Waals surface area contributed by atoms with Crippen molar-refractivity contribution < 1.29 is 14.3 Å². The number of nitrogens with two attached hydrogens (primary N) is 1. The van der Waals surface area contributed by atoms with Crippen molar-refractivity contribution >= 4 is 11.9 Å². The van der Waals surface area contributed by atoms with E-state index in [-0.39, 0.29) is 11.9 Å². The van der Waals surface area contributed by atoms with Crippen molar-refractivity contribution in [2.75, 3.05) is 6.61 Å². The highest BCUT2D eigenvalue weighted by Gasteiger charge is 2.16. The average Bonchev–Trinajstić information content (AvgIpc) is 2.37. The van der Waals surface area contributed by atoms with Crippen LogP contribution in [0.25, 0.3) is 0 Å². The highest BCUT2D eigenvalue weighted by atomic mass is 16.5. The van der Waals surface area contributed by atoms with Gasteiger partial charge in [-0.1, -0.05) is 17.7 Å². The quantitative estimate of drug-likeness (QED) is 0.723. The fraction of sp³-hybridized carbons (Fsp3) is 0.429. The van der Waals surface area contributed by atoms with Crippen molar-refractivity contribution in [3.63, 3.8) is 0 Å². The highest BCUT2D eigenvalue weighted by molar-refractivity contribution is 5.86. The summed E-state index contributed by atoms with van der Waals surface area (Å²) in [5, 5.41) is 5.05. The molecule has 4 N–H and O–H groups in total. The first kappa shape index (κ1) is 15.8. The largest absolute Gasteiger partial charge is 0.491 e. The number of hydrogen-bond donors (Lipinski definition) is 3. The molecular weight excluding hydrogens is 258 g/mol. The van der Waals surface area contributed by atoms with Crippen LogP contribution >= 0.6 is 0 Å². The number of nitrogens with one attached hydrogen (secondary N) is 2. The third-order valence-electron chi connectivity index (χ3n) is 2.66. The molecule has 1 aromatic carbocycles. The minimum atomic E-state index is -0.726. The van der Waals surface area contributed by atoms with Gasteiger partial charge in [0.05, 0.1) is 6.04 Å². The van der Waals surface area contributed by atoms with E-state index in [0.717, 1.165) is 11.3 Å². The number of rotatable bonds is 6. The zero-order chi connectivity index (χ0) is 15.1. The zero-order valence-electron chi connectivity index (χ0n) is 12.0. The molecule has 0 spiro atoms. The number of ether oxygens (including phenoxy) is 1. The van der Waals surface area contributed by atoms with Crippen LogP contribution in [0.15, 0.2) is 24.3 Å². The molecule has 20 heavy (non-hydrogen) atoms. The fourth-order valence-electron chi connectivity index (χ4n) is 1.54. The van der Waals surface area contributed by atoms with Gasteiger partial charge in [0.2, 0.25) is 5.91 Å². The van der Waals surface area contributed by atoms with E-state index < -0.39 is 12.1 Å². The number of amides is 3. The van der Waals surface area contributed by atoms with Gasteiger partial charge in [-0.3, -0.25) is 4.79 Å². The summed E-state index contributed by atoms with van der Waals surface area (Å²) in [7, 11) is 0. The molecule has 0 unspecified atom stereocenters. The van der Waals surface area contributed by atoms with Crippen molar-refractivity contribution in [2.45, 2.75) is 32.9 Å². The molecule has 0 saturated carbocycles. The standard InChI is InChI=1S/C14H21N3O3/c1-9-4-6-12(7-5-9)20-8-10(2)16-13(18)11(3)17-14(15)19/h4-7,10-11H,8H2,1-3H3,(H,16,18)(H3,15,17,19)/t10-,11+/m1/s1. The lowest BCUT2D eigenvalue weighted by Crippen LogP contribution is -2.49. The molecule has 0 aromatic heterocycles. The summed E-state index contributed by atoms with van der Waals surface area (Å²) >= 11 is 0. The van der Waals surface area contributed by atoms with Crippen molar-refractivity contribution in [1.82, 2.24) is 10.6 Å². The van der Waals surface area contributed by atoms with Crippen LogP contribution < -0.4 is 21.1 Å². The van der Waals surface area contributed by atoms with Crippen LogP contribution in [0.3, 0.4) is 0 Å². The van der Waals surface area contributed by atoms with Gasteiger partial charge in [-0.2, -0.15) is 0 Å². The molecule has 0 aliphatic heterocycles. The molecule has 0 fully saturated rings. The second kappa shape index (κ2) is 7.37. The summed E-state index contributed by atoms with van der Waals surface area (Å²) in [5.74, 6) is 0.448. The second-order valence-electron chi connectivity index (χ2n) is 4.76. The molecular formula is C14H21N3O3. The van der Waals surface area contributed by atoms with Crippen LogP contribution in [0.2, 0.25) is 0 Å². The van der Waals surface area contributed by atoms with E-state index in [1.807, 2.05) is 38.1 Å². The van der Waals surface area contributed by atoms with Crippen LogP contribution in [0.5, 0.6) is 5.75 Å². The minimum Gasteiger partial charge on any atom is -0.491 e. The maximum Gasteiger partial charge on any atom is 0.312 e. The highest BCUT2D eigenvalue weighted by Crippen LogP contribution is 2.11. The van der Waals surface area contributed by atoms with Gasteiger partial charge < -0.3 is 21.1 Å². The van der Waals surface area contributed by atoms with Crippen molar-refractivity contribution in [2.24, 2.45) is 5.73 Å². The SMILES string of the molecule is Cc1ccc(OC[C@@H](C)NC(=O)[C@H](C)NC(N)=O)cc1. The van der Waals surface area contributed by atoms with Crippen molar-refractivity contribution in [3.05, 3.63) is 29.8 Å². The molecule has 0 heterocycles. The Hall–Kier alpha value is -2.24. The Labute approximate surface area is 118 Å². The molecule has 6 heteroatoms. The number of urea groups is 1. The first-order chi connectivity index (χ1) is 9.38. The van der Waals surface area contributed by atoms with Gasteiger partial charge >= 0.3 is 6.03 Å². The number of carbonyl (C=O) groups excluding carboxylic acids is 2. The molecule has 0 bridgehead atoms. The van der Waals surface area contributed by atoms with Crippen LogP contribution in [-0.4, -0.2) is 30.6 Å². The van der Waals surface area contributed by atoms with Crippen LogP contribution in [0.1, 0.15) is 19.4 Å². The number of primary amides is 1. The molecule has 2 atom stereocenters. The summed E-state index contributed by atoms with van der Waals surface area (Å²) in [6.45, 7) is 5.73. The molecule has 0 radical (unpaired) electrons. The summed E-state index contributed by atoms with van der Waals surface area (Å²) in [4.78, 5) is 22.4. The van der Waals surface area contributed by atoms with E-state index >= 15 is 0 Å². The predicted molar refractivity (Wildman–Crippen MR) is 76.5 cm³/mol. The van der Waals surface area contributed by atoms with E-state index in [0.29, 0.717) is 6.61 Å². The van der Waals surface area contributed by atoms with Crippen LogP contribution in [0.4, 0.5) is 4.79 Å². The Morgan fingerprint density at radius 1 is 1.20 bits per heavy atom. The summed E-state index contributed by atoms with van der Waals surface area (Å²) in [6.07, 6.45) is 0. The Balaban J connectivity index is 2.36. The van der Waals surface area contributed by atoms with Crippen LogP contribution in [-0.2, 0) is 4.79 Å². The summed E-state index contributed by atoms with van der Waals surface area (Å²) < 4.78 is 5.56. The minimum absolute atomic E-state index is 0.180. The molecule has 110 valence electrons. The molecule has 0 aliphatic carbocycles. The van der Waals surface area contributed by atoms with Crippen molar-refractivity contribution in [1.29, 1.82) is 0 Å². The van der Waals surface area contributed by atoms with E-state index in [2.05, 4.69) is 10.6 Å². The Kier molecular flexibility index (Phi) is 5.83. The maximum atomic E-state index is 11.7. The zero-order valence-corrected chi connectivity index (χ0v) is 12.0.